The van der Waals surface area contributed by atoms with Crippen LogP contribution in [0.5, 0.6) is 10.9 Å². The Labute approximate surface area is 119 Å². The summed E-state index contributed by atoms with van der Waals surface area (Å²) >= 11 is 4.87. The summed E-state index contributed by atoms with van der Waals surface area (Å²) in [5, 5.41) is 0.676. The van der Waals surface area contributed by atoms with Crippen LogP contribution in [0.25, 0.3) is 0 Å². The number of rotatable bonds is 3. The number of hydrogen-bond acceptors (Lipinski definition) is 3. The van der Waals surface area contributed by atoms with Crippen LogP contribution in [0.4, 0.5) is 0 Å². The highest BCUT2D eigenvalue weighted by Gasteiger charge is 2.16. The predicted molar refractivity (Wildman–Crippen MR) is 77.5 cm³/mol. The molecule has 1 heterocycles. The zero-order valence-corrected chi connectivity index (χ0v) is 12.3. The maximum Gasteiger partial charge on any atom is 0.279 e. The highest BCUT2D eigenvalue weighted by atomic mass is 79.9. The topological polar surface area (TPSA) is 22.1 Å². The van der Waals surface area contributed by atoms with Crippen LogP contribution in [0.2, 0.25) is 0 Å². The molecule has 0 unspecified atom stereocenters. The normalized spacial score (nSPS) is 16.1. The van der Waals surface area contributed by atoms with Gasteiger partial charge in [0.25, 0.3) is 5.19 Å². The van der Waals surface area contributed by atoms with Gasteiger partial charge in [0.2, 0.25) is 0 Å². The fourth-order valence-electron chi connectivity index (χ4n) is 2.45. The van der Waals surface area contributed by atoms with Crippen LogP contribution in [0, 0.1) is 0 Å². The summed E-state index contributed by atoms with van der Waals surface area (Å²) in [6.07, 6.45) is 7.16. The van der Waals surface area contributed by atoms with E-state index in [1.54, 1.807) is 6.20 Å². The maximum atomic E-state index is 5.69. The summed E-state index contributed by atoms with van der Waals surface area (Å²) in [5.74, 6) is 1.62. The van der Waals surface area contributed by atoms with Crippen molar-refractivity contribution in [3.63, 3.8) is 0 Å². The Kier molecular flexibility index (Phi) is 3.66. The summed E-state index contributed by atoms with van der Waals surface area (Å²) in [6, 6.07) is 8.47. The molecule has 2 aromatic rings. The standard InChI is InChI=1S/C14H14BrNOS/c15-13-9-16-14(18-13)17-12-7-5-11(6-8-12)10-3-1-2-4-10/h5-10H,1-4H2. The predicted octanol–water partition coefficient (Wildman–Crippen LogP) is 5.36. The Hall–Kier alpha value is -0.870. The molecular weight excluding hydrogens is 310 g/mol. The molecule has 1 fully saturated rings. The van der Waals surface area contributed by atoms with E-state index in [0.29, 0.717) is 5.19 Å². The third-order valence-corrected chi connectivity index (χ3v) is 4.72. The van der Waals surface area contributed by atoms with Gasteiger partial charge in [-0.05, 0) is 52.4 Å². The van der Waals surface area contributed by atoms with Gasteiger partial charge in [-0.15, -0.1) is 0 Å². The highest BCUT2D eigenvalue weighted by molar-refractivity contribution is 9.11. The molecule has 0 N–H and O–H groups in total. The molecule has 1 aromatic heterocycles. The average molecular weight is 324 g/mol. The van der Waals surface area contributed by atoms with Gasteiger partial charge in [-0.3, -0.25) is 0 Å². The lowest BCUT2D eigenvalue weighted by atomic mass is 9.98. The monoisotopic (exact) mass is 323 g/mol. The van der Waals surface area contributed by atoms with E-state index in [0.717, 1.165) is 15.5 Å². The molecule has 94 valence electrons. The van der Waals surface area contributed by atoms with Gasteiger partial charge >= 0.3 is 0 Å². The van der Waals surface area contributed by atoms with E-state index in [2.05, 4.69) is 33.0 Å². The summed E-state index contributed by atoms with van der Waals surface area (Å²) < 4.78 is 6.68. The highest BCUT2D eigenvalue weighted by Crippen LogP contribution is 2.35. The van der Waals surface area contributed by atoms with E-state index >= 15 is 0 Å². The number of halogens is 1. The van der Waals surface area contributed by atoms with E-state index in [-0.39, 0.29) is 0 Å². The van der Waals surface area contributed by atoms with Crippen molar-refractivity contribution in [3.05, 3.63) is 39.8 Å². The molecule has 1 aromatic carbocycles. The second kappa shape index (κ2) is 5.41. The first kappa shape index (κ1) is 12.2. The van der Waals surface area contributed by atoms with E-state index in [1.165, 1.54) is 42.6 Å². The van der Waals surface area contributed by atoms with Crippen LogP contribution < -0.4 is 4.74 Å². The maximum absolute atomic E-state index is 5.69. The molecule has 0 spiro atoms. The number of aromatic nitrogens is 1. The molecule has 4 heteroatoms. The summed E-state index contributed by atoms with van der Waals surface area (Å²) in [7, 11) is 0. The van der Waals surface area contributed by atoms with Gasteiger partial charge < -0.3 is 4.74 Å². The van der Waals surface area contributed by atoms with E-state index in [1.807, 2.05) is 12.1 Å². The van der Waals surface area contributed by atoms with E-state index in [9.17, 15) is 0 Å². The Morgan fingerprint density at radius 1 is 1.17 bits per heavy atom. The fraction of sp³-hybridized carbons (Fsp3) is 0.357. The van der Waals surface area contributed by atoms with Gasteiger partial charge in [0, 0.05) is 0 Å². The quantitative estimate of drug-likeness (QED) is 0.759. The molecule has 0 amide bonds. The Morgan fingerprint density at radius 2 is 1.89 bits per heavy atom. The first-order valence-corrected chi connectivity index (χ1v) is 7.81. The molecule has 2 nitrogen and oxygen atoms in total. The lowest BCUT2D eigenvalue weighted by Crippen LogP contribution is -1.91. The number of ether oxygens (including phenoxy) is 1. The van der Waals surface area contributed by atoms with Gasteiger partial charge in [-0.25, -0.2) is 4.98 Å². The molecule has 0 bridgehead atoms. The van der Waals surface area contributed by atoms with Crippen molar-refractivity contribution in [1.29, 1.82) is 0 Å². The third-order valence-electron chi connectivity index (χ3n) is 3.37. The first-order valence-electron chi connectivity index (χ1n) is 6.20. The largest absolute Gasteiger partial charge is 0.431 e. The molecule has 0 saturated heterocycles. The second-order valence-corrected chi connectivity index (χ2v) is 6.96. The molecular formula is C14H14BrNOS. The Bertz CT molecular complexity index is 517. The van der Waals surface area contributed by atoms with Crippen LogP contribution in [-0.4, -0.2) is 4.98 Å². The summed E-state index contributed by atoms with van der Waals surface area (Å²) in [6.45, 7) is 0. The molecule has 18 heavy (non-hydrogen) atoms. The van der Waals surface area contributed by atoms with Crippen LogP contribution >= 0.6 is 27.3 Å². The van der Waals surface area contributed by atoms with Crippen LogP contribution in [-0.2, 0) is 0 Å². The number of benzene rings is 1. The molecule has 0 aliphatic heterocycles. The zero-order valence-electron chi connectivity index (χ0n) is 9.93. The lowest BCUT2D eigenvalue weighted by Gasteiger charge is -2.09. The van der Waals surface area contributed by atoms with Crippen molar-refractivity contribution >= 4 is 27.3 Å². The van der Waals surface area contributed by atoms with Crippen molar-refractivity contribution in [1.82, 2.24) is 4.98 Å². The van der Waals surface area contributed by atoms with Crippen molar-refractivity contribution in [2.75, 3.05) is 0 Å². The van der Waals surface area contributed by atoms with Gasteiger partial charge in [-0.1, -0.05) is 36.3 Å². The minimum atomic E-state index is 0.676. The smallest absolute Gasteiger partial charge is 0.279 e. The van der Waals surface area contributed by atoms with Crippen LogP contribution in [0.15, 0.2) is 34.2 Å². The van der Waals surface area contributed by atoms with E-state index < -0.39 is 0 Å². The average Bonchev–Trinajstić information content (AvgIpc) is 3.02. The van der Waals surface area contributed by atoms with Crippen molar-refractivity contribution < 1.29 is 4.74 Å². The van der Waals surface area contributed by atoms with Crippen molar-refractivity contribution in [2.45, 2.75) is 31.6 Å². The molecule has 1 saturated carbocycles. The third kappa shape index (κ3) is 2.75. The molecule has 0 atom stereocenters. The van der Waals surface area contributed by atoms with Crippen molar-refractivity contribution in [3.8, 4) is 10.9 Å². The van der Waals surface area contributed by atoms with Crippen LogP contribution in [0.1, 0.15) is 37.2 Å². The minimum Gasteiger partial charge on any atom is -0.431 e. The lowest BCUT2D eigenvalue weighted by molar-refractivity contribution is 0.478. The van der Waals surface area contributed by atoms with Crippen LogP contribution in [0.3, 0.4) is 0 Å². The minimum absolute atomic E-state index is 0.676. The second-order valence-electron chi connectivity index (χ2n) is 4.58. The zero-order chi connectivity index (χ0) is 12.4. The van der Waals surface area contributed by atoms with Gasteiger partial charge in [0.05, 0.1) is 9.98 Å². The van der Waals surface area contributed by atoms with Gasteiger partial charge in [0.15, 0.2) is 0 Å². The first-order chi connectivity index (χ1) is 8.81. The molecule has 1 aliphatic carbocycles. The molecule has 0 radical (unpaired) electrons. The summed E-state index contributed by atoms with van der Waals surface area (Å²) in [5.41, 5.74) is 1.44. The van der Waals surface area contributed by atoms with Gasteiger partial charge in [-0.2, -0.15) is 0 Å². The number of hydrogen-bond donors (Lipinski definition) is 0. The molecule has 3 rings (SSSR count). The van der Waals surface area contributed by atoms with Crippen molar-refractivity contribution in [2.24, 2.45) is 0 Å². The Morgan fingerprint density at radius 3 is 2.50 bits per heavy atom. The number of thiazole rings is 1. The number of nitrogens with zero attached hydrogens (tertiary/aromatic N) is 1. The Balaban J connectivity index is 1.70. The molecule has 1 aliphatic rings. The fourth-order valence-corrected chi connectivity index (χ4v) is 3.49. The van der Waals surface area contributed by atoms with Gasteiger partial charge in [0.1, 0.15) is 5.75 Å². The van der Waals surface area contributed by atoms with E-state index in [4.69, 9.17) is 4.74 Å². The SMILES string of the molecule is Brc1cnc(Oc2ccc(C3CCCC3)cc2)s1. The summed E-state index contributed by atoms with van der Waals surface area (Å²) in [4.78, 5) is 4.16.